The van der Waals surface area contributed by atoms with Crippen LogP contribution in [0.3, 0.4) is 0 Å². The number of nitrogens with zero attached hydrogens (tertiary/aromatic N) is 1. The summed E-state index contributed by atoms with van der Waals surface area (Å²) in [5.74, 6) is 0.894. The number of carbonyl (C=O) groups excluding carboxylic acids is 1. The van der Waals surface area contributed by atoms with E-state index in [1.807, 2.05) is 13.8 Å². The van der Waals surface area contributed by atoms with Gasteiger partial charge >= 0.3 is 0 Å². The number of anilines is 1. The average Bonchev–Trinajstić information content (AvgIpc) is 2.74. The van der Waals surface area contributed by atoms with Crippen LogP contribution in [0.1, 0.15) is 37.9 Å². The lowest BCUT2D eigenvalue weighted by atomic mass is 10.0. The van der Waals surface area contributed by atoms with Gasteiger partial charge in [0.25, 0.3) is 0 Å². The number of hydrogen-bond donors (Lipinski definition) is 3. The van der Waals surface area contributed by atoms with Gasteiger partial charge in [0.2, 0.25) is 5.91 Å². The first-order valence-corrected chi connectivity index (χ1v) is 6.33. The van der Waals surface area contributed by atoms with Crippen LogP contribution < -0.4 is 10.6 Å². The Morgan fingerprint density at radius 2 is 2.24 bits per heavy atom. The fourth-order valence-electron chi connectivity index (χ4n) is 2.23. The van der Waals surface area contributed by atoms with Crippen molar-refractivity contribution in [1.29, 1.82) is 0 Å². The smallest absolute Gasteiger partial charge is 0.228 e. The fourth-order valence-corrected chi connectivity index (χ4v) is 2.23. The first-order chi connectivity index (χ1) is 8.26. The van der Waals surface area contributed by atoms with Crippen LogP contribution in [0, 0.1) is 5.92 Å². The highest BCUT2D eigenvalue weighted by Gasteiger charge is 2.20. The Kier molecular flexibility index (Phi) is 3.78. The minimum Gasteiger partial charge on any atom is -0.311 e. The highest BCUT2D eigenvalue weighted by Crippen LogP contribution is 2.21. The molecule has 1 aromatic heterocycles. The van der Waals surface area contributed by atoms with Crippen LogP contribution in [0.25, 0.3) is 0 Å². The van der Waals surface area contributed by atoms with Gasteiger partial charge < -0.3 is 10.6 Å². The zero-order chi connectivity index (χ0) is 12.3. The Morgan fingerprint density at radius 1 is 1.47 bits per heavy atom. The van der Waals surface area contributed by atoms with Crippen LogP contribution in [0.2, 0.25) is 0 Å². The highest BCUT2D eigenvalue weighted by molar-refractivity contribution is 5.92. The molecule has 0 spiro atoms. The number of H-pyrrole nitrogens is 1. The normalized spacial score (nSPS) is 14.8. The molecular weight excluding hydrogens is 216 g/mol. The molecular formula is C12H20N4O. The summed E-state index contributed by atoms with van der Waals surface area (Å²) in [5, 5.41) is 13.4. The van der Waals surface area contributed by atoms with Crippen molar-refractivity contribution in [1.82, 2.24) is 15.5 Å². The van der Waals surface area contributed by atoms with Gasteiger partial charge in [-0.1, -0.05) is 13.8 Å². The maximum atomic E-state index is 12.0. The number of hydrogen-bond acceptors (Lipinski definition) is 3. The maximum absolute atomic E-state index is 12.0. The predicted molar refractivity (Wildman–Crippen MR) is 66.7 cm³/mol. The molecule has 0 atom stereocenters. The molecule has 1 amide bonds. The van der Waals surface area contributed by atoms with Crippen molar-refractivity contribution in [2.24, 2.45) is 5.92 Å². The fraction of sp³-hybridized carbons (Fsp3) is 0.667. The lowest BCUT2D eigenvalue weighted by Crippen LogP contribution is -2.25. The van der Waals surface area contributed by atoms with E-state index in [0.717, 1.165) is 49.4 Å². The molecule has 2 heterocycles. The number of aromatic nitrogens is 2. The molecule has 0 unspecified atom stereocenters. The summed E-state index contributed by atoms with van der Waals surface area (Å²) in [6.45, 7) is 5.83. The van der Waals surface area contributed by atoms with Crippen molar-refractivity contribution < 1.29 is 4.79 Å². The maximum Gasteiger partial charge on any atom is 0.228 e. The molecule has 1 aliphatic heterocycles. The molecule has 17 heavy (non-hydrogen) atoms. The quantitative estimate of drug-likeness (QED) is 0.740. The Labute approximate surface area is 101 Å². The van der Waals surface area contributed by atoms with Crippen LogP contribution in [0.4, 0.5) is 5.82 Å². The van der Waals surface area contributed by atoms with Gasteiger partial charge in [0.15, 0.2) is 5.82 Å². The van der Waals surface area contributed by atoms with E-state index in [9.17, 15) is 4.79 Å². The molecule has 3 N–H and O–H groups in total. The molecule has 94 valence electrons. The molecule has 5 heteroatoms. The largest absolute Gasteiger partial charge is 0.311 e. The van der Waals surface area contributed by atoms with Gasteiger partial charge in [-0.2, -0.15) is 5.10 Å². The summed E-state index contributed by atoms with van der Waals surface area (Å²) >= 11 is 0. The third-order valence-corrected chi connectivity index (χ3v) is 3.40. The lowest BCUT2D eigenvalue weighted by Gasteiger charge is -2.15. The molecule has 0 saturated carbocycles. The minimum atomic E-state index is 0.0860. The van der Waals surface area contributed by atoms with Crippen molar-refractivity contribution in [3.8, 4) is 0 Å². The molecule has 0 aliphatic carbocycles. The number of aromatic amines is 1. The Hall–Kier alpha value is -1.36. The van der Waals surface area contributed by atoms with E-state index in [4.69, 9.17) is 0 Å². The topological polar surface area (TPSA) is 69.8 Å². The van der Waals surface area contributed by atoms with Crippen molar-refractivity contribution >= 4 is 11.7 Å². The van der Waals surface area contributed by atoms with Gasteiger partial charge in [-0.3, -0.25) is 9.89 Å². The second-order valence-corrected chi connectivity index (χ2v) is 4.46. The first kappa shape index (κ1) is 12.1. The van der Waals surface area contributed by atoms with Gasteiger partial charge in [-0.15, -0.1) is 0 Å². The number of amides is 1. The van der Waals surface area contributed by atoms with Gasteiger partial charge in [0.05, 0.1) is 5.69 Å². The zero-order valence-electron chi connectivity index (χ0n) is 10.5. The second-order valence-electron chi connectivity index (χ2n) is 4.46. The molecule has 1 aliphatic rings. The van der Waals surface area contributed by atoms with Crippen LogP contribution in [-0.4, -0.2) is 22.6 Å². The Balaban J connectivity index is 2.08. The standard InChI is InChI=1S/C12H20N4O/c1-3-8(4-2)12(17)14-11-9-5-6-13-7-10(9)15-16-11/h8,13H,3-7H2,1-2H3,(H2,14,15,16,17). The van der Waals surface area contributed by atoms with Crippen molar-refractivity contribution in [2.75, 3.05) is 11.9 Å². The van der Waals surface area contributed by atoms with Crippen molar-refractivity contribution in [2.45, 2.75) is 39.7 Å². The van der Waals surface area contributed by atoms with Crippen molar-refractivity contribution in [3.63, 3.8) is 0 Å². The molecule has 1 aromatic rings. The summed E-state index contributed by atoms with van der Waals surface area (Å²) in [7, 11) is 0. The van der Waals surface area contributed by atoms with E-state index >= 15 is 0 Å². The summed E-state index contributed by atoms with van der Waals surface area (Å²) in [6.07, 6.45) is 2.66. The molecule has 0 aromatic carbocycles. The molecule has 0 bridgehead atoms. The van der Waals surface area contributed by atoms with E-state index in [1.54, 1.807) is 0 Å². The van der Waals surface area contributed by atoms with E-state index < -0.39 is 0 Å². The van der Waals surface area contributed by atoms with E-state index in [-0.39, 0.29) is 11.8 Å². The van der Waals surface area contributed by atoms with Crippen LogP contribution in [0.5, 0.6) is 0 Å². The SMILES string of the molecule is CCC(CC)C(=O)Nc1n[nH]c2c1CCNC2. The van der Waals surface area contributed by atoms with Gasteiger partial charge in [-0.25, -0.2) is 0 Å². The molecule has 0 saturated heterocycles. The Morgan fingerprint density at radius 3 is 2.94 bits per heavy atom. The first-order valence-electron chi connectivity index (χ1n) is 6.33. The second kappa shape index (κ2) is 5.31. The third kappa shape index (κ3) is 2.49. The summed E-state index contributed by atoms with van der Waals surface area (Å²) in [5.41, 5.74) is 2.25. The molecule has 2 rings (SSSR count). The van der Waals surface area contributed by atoms with Gasteiger partial charge in [0.1, 0.15) is 0 Å². The molecule has 0 radical (unpaired) electrons. The van der Waals surface area contributed by atoms with Crippen LogP contribution >= 0.6 is 0 Å². The number of nitrogens with one attached hydrogen (secondary N) is 3. The zero-order valence-corrected chi connectivity index (χ0v) is 10.5. The van der Waals surface area contributed by atoms with E-state index in [1.165, 1.54) is 0 Å². The summed E-state index contributed by atoms with van der Waals surface area (Å²) < 4.78 is 0. The predicted octanol–water partition coefficient (Wildman–Crippen LogP) is 1.43. The number of fused-ring (bicyclic) bond motifs is 1. The average molecular weight is 236 g/mol. The van der Waals surface area contributed by atoms with Crippen LogP contribution in [-0.2, 0) is 17.8 Å². The van der Waals surface area contributed by atoms with E-state index in [0.29, 0.717) is 0 Å². The van der Waals surface area contributed by atoms with Gasteiger partial charge in [0, 0.05) is 18.0 Å². The summed E-state index contributed by atoms with van der Waals surface area (Å²) in [6, 6.07) is 0. The monoisotopic (exact) mass is 236 g/mol. The molecule has 5 nitrogen and oxygen atoms in total. The third-order valence-electron chi connectivity index (χ3n) is 3.40. The van der Waals surface area contributed by atoms with E-state index in [2.05, 4.69) is 20.8 Å². The number of rotatable bonds is 4. The number of carbonyl (C=O) groups is 1. The van der Waals surface area contributed by atoms with Crippen LogP contribution in [0.15, 0.2) is 0 Å². The van der Waals surface area contributed by atoms with Crippen molar-refractivity contribution in [3.05, 3.63) is 11.3 Å². The minimum absolute atomic E-state index is 0.0860. The molecule has 0 fully saturated rings. The van der Waals surface area contributed by atoms with Gasteiger partial charge in [-0.05, 0) is 25.8 Å². The lowest BCUT2D eigenvalue weighted by molar-refractivity contribution is -0.120. The summed E-state index contributed by atoms with van der Waals surface area (Å²) in [4.78, 5) is 12.0. The highest BCUT2D eigenvalue weighted by atomic mass is 16.1. The Bertz CT molecular complexity index is 395.